The molecular weight excluding hydrogens is 517 g/mol. The number of hydrogen-bond acceptors (Lipinski definition) is 0. The molecule has 0 N–H and O–H groups in total. The largest absolute Gasteiger partial charge is 2.00 e. The molecule has 0 atom stereocenters. The summed E-state index contributed by atoms with van der Waals surface area (Å²) in [6.45, 7) is 0. The van der Waals surface area contributed by atoms with Crippen LogP contribution in [0.3, 0.4) is 0 Å². The van der Waals surface area contributed by atoms with Gasteiger partial charge in [0.15, 0.2) is 0 Å². The first kappa shape index (κ1) is 33.0. The zero-order chi connectivity index (χ0) is 13.2. The quantitative estimate of drug-likeness (QED) is 0.204. The van der Waals surface area contributed by atoms with Crippen molar-refractivity contribution in [2.45, 2.75) is 44.9 Å². The van der Waals surface area contributed by atoms with Crippen LogP contribution in [0, 0.1) is 6.08 Å². The van der Waals surface area contributed by atoms with Crippen molar-refractivity contribution in [2.24, 2.45) is 0 Å². The summed E-state index contributed by atoms with van der Waals surface area (Å²) in [4.78, 5) is 0. The van der Waals surface area contributed by atoms with Crippen LogP contribution in [0.2, 0.25) is 0 Å². The van der Waals surface area contributed by atoms with Crippen LogP contribution in [0.1, 0.15) is 50.5 Å². The van der Waals surface area contributed by atoms with Gasteiger partial charge in [0.2, 0.25) is 0 Å². The van der Waals surface area contributed by atoms with Gasteiger partial charge in [0.1, 0.15) is 0 Å². The minimum Gasteiger partial charge on any atom is -1.00 e. The molecule has 0 radical (unpaired) electrons. The van der Waals surface area contributed by atoms with Crippen LogP contribution in [-0.2, 0) is 0 Å². The predicted octanol–water partition coefficient (Wildman–Crippen LogP) is -4.02. The summed E-state index contributed by atoms with van der Waals surface area (Å²) in [6, 6.07) is 10.4. The van der Waals surface area contributed by atoms with Gasteiger partial charge in [-0.05, 0) is 31.2 Å². The number of halogens is 3. The molecule has 0 nitrogen and oxygen atoms in total. The minimum atomic E-state index is 0. The third-order valence-corrected chi connectivity index (χ3v) is 3.41. The molecule has 0 amide bonds. The third kappa shape index (κ3) is 15.7. The first-order chi connectivity index (χ1) is 9.45. The van der Waals surface area contributed by atoms with Gasteiger partial charge >= 0.3 is 46.1 Å². The average Bonchev–Trinajstić information content (AvgIpc) is 3.02. The zero-order valence-corrected chi connectivity index (χ0v) is 21.8. The van der Waals surface area contributed by atoms with Gasteiger partial charge in [-0.2, -0.15) is 0 Å². The SMILES string of the molecule is C1=CCCCC1.[Br-].[Br-].[Br-].[C-]1=C(C=Cc2ccccc2)CCC1.[Mg+2].[Mg+2]. The number of rotatable bonds is 2. The second-order valence-corrected chi connectivity index (χ2v) is 5.06. The fourth-order valence-corrected chi connectivity index (χ4v) is 2.28. The van der Waals surface area contributed by atoms with Crippen LogP contribution in [0.4, 0.5) is 0 Å². The summed E-state index contributed by atoms with van der Waals surface area (Å²) in [5, 5.41) is 0. The van der Waals surface area contributed by atoms with E-state index >= 15 is 0 Å². The standard InChI is InChI=1S/C13H13.C6H10.3BrH.2Mg/c1-2-6-12(7-3-1)10-11-13-8-4-5-9-13;1-2-4-6-5-3-1;;;;;/h1-3,6-7,10-11H,4-5,8H2;1-2H,3-6H2;3*1H;;/q-1;;;;;2*+2/p-3. The Morgan fingerprint density at radius 1 is 0.750 bits per heavy atom. The van der Waals surface area contributed by atoms with E-state index in [2.05, 4.69) is 54.6 Å². The molecule has 0 spiro atoms. The molecule has 124 valence electrons. The van der Waals surface area contributed by atoms with E-state index in [4.69, 9.17) is 0 Å². The van der Waals surface area contributed by atoms with Gasteiger partial charge in [0.25, 0.3) is 0 Å². The molecule has 0 aromatic heterocycles. The molecule has 0 fully saturated rings. The van der Waals surface area contributed by atoms with Gasteiger partial charge in [0, 0.05) is 0 Å². The van der Waals surface area contributed by atoms with Gasteiger partial charge in [-0.25, -0.2) is 11.6 Å². The summed E-state index contributed by atoms with van der Waals surface area (Å²) in [5.74, 6) is 0. The maximum absolute atomic E-state index is 3.36. The summed E-state index contributed by atoms with van der Waals surface area (Å²) in [6.07, 6.45) is 21.3. The van der Waals surface area contributed by atoms with Crippen molar-refractivity contribution in [1.82, 2.24) is 0 Å². The van der Waals surface area contributed by atoms with E-state index in [9.17, 15) is 0 Å². The van der Waals surface area contributed by atoms with Crippen LogP contribution >= 0.6 is 0 Å². The van der Waals surface area contributed by atoms with E-state index in [0.717, 1.165) is 6.42 Å². The van der Waals surface area contributed by atoms with Gasteiger partial charge in [-0.3, -0.25) is 6.08 Å². The molecule has 24 heavy (non-hydrogen) atoms. The second kappa shape index (κ2) is 22.5. The zero-order valence-electron chi connectivity index (χ0n) is 14.2. The molecule has 0 saturated carbocycles. The first-order valence-electron chi connectivity index (χ1n) is 7.43. The Bertz CT molecular complexity index is 449. The van der Waals surface area contributed by atoms with Crippen LogP contribution in [0.5, 0.6) is 0 Å². The Labute approximate surface area is 211 Å². The smallest absolute Gasteiger partial charge is 1.00 e. The fourth-order valence-electron chi connectivity index (χ4n) is 2.28. The van der Waals surface area contributed by atoms with Crippen molar-refractivity contribution in [1.29, 1.82) is 0 Å². The van der Waals surface area contributed by atoms with E-state index in [0.29, 0.717) is 0 Å². The Morgan fingerprint density at radius 2 is 1.33 bits per heavy atom. The van der Waals surface area contributed by atoms with Crippen molar-refractivity contribution in [3.63, 3.8) is 0 Å². The van der Waals surface area contributed by atoms with Crippen molar-refractivity contribution >= 4 is 52.2 Å². The van der Waals surface area contributed by atoms with Gasteiger partial charge < -0.3 is 50.9 Å². The number of benzene rings is 1. The summed E-state index contributed by atoms with van der Waals surface area (Å²) in [5.41, 5.74) is 2.63. The van der Waals surface area contributed by atoms with Gasteiger partial charge in [0.05, 0.1) is 0 Å². The van der Waals surface area contributed by atoms with Crippen molar-refractivity contribution in [2.75, 3.05) is 0 Å². The topological polar surface area (TPSA) is 0 Å². The number of hydrogen-bond donors (Lipinski definition) is 0. The Balaban J connectivity index is -0.000000161. The molecular formula is C19H23Br3Mg2. The summed E-state index contributed by atoms with van der Waals surface area (Å²) >= 11 is 0. The van der Waals surface area contributed by atoms with Gasteiger partial charge in [-0.15, -0.1) is 12.5 Å². The molecule has 0 bridgehead atoms. The molecule has 5 heteroatoms. The predicted molar refractivity (Wildman–Crippen MR) is 95.2 cm³/mol. The molecule has 1 aromatic carbocycles. The van der Waals surface area contributed by atoms with E-state index < -0.39 is 0 Å². The molecule has 1 aromatic rings. The molecule has 0 aliphatic heterocycles. The minimum absolute atomic E-state index is 0. The van der Waals surface area contributed by atoms with Crippen LogP contribution in [-0.4, -0.2) is 46.1 Å². The van der Waals surface area contributed by atoms with Crippen molar-refractivity contribution in [3.8, 4) is 0 Å². The Kier molecular flexibility index (Phi) is 30.9. The maximum atomic E-state index is 3.36. The van der Waals surface area contributed by atoms with E-state index in [1.807, 2.05) is 6.07 Å². The normalized spacial score (nSPS) is 14.2. The molecule has 3 rings (SSSR count). The Hall–Kier alpha value is 1.41. The van der Waals surface area contributed by atoms with E-state index in [1.54, 1.807) is 0 Å². The second-order valence-electron chi connectivity index (χ2n) is 5.06. The number of allylic oxidation sites excluding steroid dienone is 5. The molecule has 0 heterocycles. The monoisotopic (exact) mass is 536 g/mol. The van der Waals surface area contributed by atoms with Gasteiger partial charge in [-0.1, -0.05) is 55.3 Å². The molecule has 0 saturated heterocycles. The van der Waals surface area contributed by atoms with E-state index in [1.165, 1.54) is 49.7 Å². The molecule has 2 aliphatic carbocycles. The van der Waals surface area contributed by atoms with Crippen molar-refractivity contribution < 1.29 is 50.9 Å². The maximum Gasteiger partial charge on any atom is 2.00 e. The molecule has 2 aliphatic rings. The summed E-state index contributed by atoms with van der Waals surface area (Å²) in [7, 11) is 0. The fraction of sp³-hybridized carbons (Fsp3) is 0.368. The van der Waals surface area contributed by atoms with Crippen molar-refractivity contribution in [3.05, 3.63) is 65.8 Å². The third-order valence-electron chi connectivity index (χ3n) is 3.41. The summed E-state index contributed by atoms with van der Waals surface area (Å²) < 4.78 is 0. The van der Waals surface area contributed by atoms with E-state index in [-0.39, 0.29) is 97.0 Å². The molecule has 0 unspecified atom stereocenters. The van der Waals surface area contributed by atoms with Crippen LogP contribution in [0.15, 0.2) is 54.1 Å². The average molecular weight is 540 g/mol. The van der Waals surface area contributed by atoms with Crippen LogP contribution < -0.4 is 50.9 Å². The van der Waals surface area contributed by atoms with Crippen LogP contribution in [0.25, 0.3) is 6.08 Å². The first-order valence-corrected chi connectivity index (χ1v) is 7.43. The Morgan fingerprint density at radius 3 is 1.75 bits per heavy atom.